The average molecular weight is 232 g/mol. The van der Waals surface area contributed by atoms with Crippen molar-refractivity contribution in [2.75, 3.05) is 26.1 Å². The summed E-state index contributed by atoms with van der Waals surface area (Å²) in [6.07, 6.45) is 2.27. The maximum atomic E-state index is 5.34. The second kappa shape index (κ2) is 3.87. The van der Waals surface area contributed by atoms with Gasteiger partial charge in [-0.1, -0.05) is 0 Å². The van der Waals surface area contributed by atoms with Gasteiger partial charge in [0, 0.05) is 23.7 Å². The van der Waals surface area contributed by atoms with E-state index in [0.717, 1.165) is 30.0 Å². The molecule has 0 fully saturated rings. The number of aromatic nitrogens is 1. The van der Waals surface area contributed by atoms with Crippen molar-refractivity contribution in [3.63, 3.8) is 0 Å². The Kier molecular flexibility index (Phi) is 2.35. The smallest absolute Gasteiger partial charge is 0.162 e. The Morgan fingerprint density at radius 3 is 2.65 bits per heavy atom. The first-order valence-electron chi connectivity index (χ1n) is 5.84. The second-order valence-electron chi connectivity index (χ2n) is 4.26. The minimum Gasteiger partial charge on any atom is -0.493 e. The van der Waals surface area contributed by atoms with E-state index in [0.29, 0.717) is 0 Å². The zero-order valence-corrected chi connectivity index (χ0v) is 10.1. The number of aryl methyl sites for hydroxylation is 1. The number of hydrogen-bond donors (Lipinski definition) is 2. The maximum Gasteiger partial charge on any atom is 0.162 e. The van der Waals surface area contributed by atoms with E-state index < -0.39 is 0 Å². The molecule has 2 aromatic rings. The van der Waals surface area contributed by atoms with Gasteiger partial charge in [0.15, 0.2) is 11.5 Å². The van der Waals surface area contributed by atoms with Crippen LogP contribution < -0.4 is 14.8 Å². The molecule has 2 N–H and O–H groups in total. The third kappa shape index (κ3) is 1.52. The van der Waals surface area contributed by atoms with E-state index in [1.165, 1.54) is 23.2 Å². The standard InChI is InChI=1S/C13H16N2O2/c1-16-11-6-8-10(7-12(11)17-2)15-9-4-3-5-14-13(8)9/h6-7,14-15H,3-5H2,1-2H3. The number of aromatic amines is 1. The number of nitrogens with one attached hydrogen (secondary N) is 2. The molecule has 0 saturated carbocycles. The second-order valence-corrected chi connectivity index (χ2v) is 4.26. The SMILES string of the molecule is COc1cc2[nH]c3c(c2cc1OC)NCCC3. The van der Waals surface area contributed by atoms with E-state index in [4.69, 9.17) is 9.47 Å². The summed E-state index contributed by atoms with van der Waals surface area (Å²) in [7, 11) is 3.32. The number of rotatable bonds is 2. The third-order valence-corrected chi connectivity index (χ3v) is 3.29. The summed E-state index contributed by atoms with van der Waals surface area (Å²) in [4.78, 5) is 3.44. The predicted molar refractivity (Wildman–Crippen MR) is 68.2 cm³/mol. The number of methoxy groups -OCH3 is 2. The van der Waals surface area contributed by atoms with Crippen molar-refractivity contribution in [1.29, 1.82) is 0 Å². The van der Waals surface area contributed by atoms with Gasteiger partial charge in [-0.25, -0.2) is 0 Å². The first kappa shape index (κ1) is 10.3. The Hall–Kier alpha value is -1.84. The van der Waals surface area contributed by atoms with Crippen LogP contribution in [-0.2, 0) is 6.42 Å². The Bertz CT molecular complexity index is 560. The largest absolute Gasteiger partial charge is 0.493 e. The van der Waals surface area contributed by atoms with Crippen molar-refractivity contribution in [2.24, 2.45) is 0 Å². The van der Waals surface area contributed by atoms with Crippen LogP contribution in [0.25, 0.3) is 10.9 Å². The van der Waals surface area contributed by atoms with E-state index >= 15 is 0 Å². The molecule has 2 heterocycles. The van der Waals surface area contributed by atoms with Crippen molar-refractivity contribution < 1.29 is 9.47 Å². The molecule has 1 aliphatic rings. The molecule has 0 radical (unpaired) electrons. The summed E-state index contributed by atoms with van der Waals surface area (Å²) >= 11 is 0. The van der Waals surface area contributed by atoms with Gasteiger partial charge < -0.3 is 19.8 Å². The van der Waals surface area contributed by atoms with Crippen LogP contribution in [0, 0.1) is 0 Å². The lowest BCUT2D eigenvalue weighted by atomic mass is 10.1. The maximum absolute atomic E-state index is 5.34. The summed E-state index contributed by atoms with van der Waals surface area (Å²) in [6.45, 7) is 1.04. The Labute approximate surface area is 99.9 Å². The van der Waals surface area contributed by atoms with Crippen LogP contribution in [-0.4, -0.2) is 25.7 Å². The Morgan fingerprint density at radius 2 is 1.88 bits per heavy atom. The van der Waals surface area contributed by atoms with Crippen LogP contribution in [0.3, 0.4) is 0 Å². The van der Waals surface area contributed by atoms with Gasteiger partial charge in [0.1, 0.15) is 0 Å². The number of ether oxygens (including phenoxy) is 2. The highest BCUT2D eigenvalue weighted by Crippen LogP contribution is 2.38. The highest BCUT2D eigenvalue weighted by Gasteiger charge is 2.17. The van der Waals surface area contributed by atoms with Gasteiger partial charge in [-0.2, -0.15) is 0 Å². The Balaban J connectivity index is 2.24. The van der Waals surface area contributed by atoms with Crippen molar-refractivity contribution in [3.8, 4) is 11.5 Å². The van der Waals surface area contributed by atoms with Gasteiger partial charge in [0.2, 0.25) is 0 Å². The number of H-pyrrole nitrogens is 1. The fourth-order valence-electron chi connectivity index (χ4n) is 2.44. The summed E-state index contributed by atoms with van der Waals surface area (Å²) in [6, 6.07) is 4.02. The summed E-state index contributed by atoms with van der Waals surface area (Å²) in [5.41, 5.74) is 3.59. The van der Waals surface area contributed by atoms with Crippen LogP contribution >= 0.6 is 0 Å². The first-order chi connectivity index (χ1) is 8.33. The fraction of sp³-hybridized carbons (Fsp3) is 0.385. The average Bonchev–Trinajstić information content (AvgIpc) is 2.74. The van der Waals surface area contributed by atoms with Gasteiger partial charge in [-0.15, -0.1) is 0 Å². The number of fused-ring (bicyclic) bond motifs is 3. The van der Waals surface area contributed by atoms with Crippen LogP contribution in [0.15, 0.2) is 12.1 Å². The van der Waals surface area contributed by atoms with Crippen molar-refractivity contribution in [1.82, 2.24) is 4.98 Å². The topological polar surface area (TPSA) is 46.3 Å². The quantitative estimate of drug-likeness (QED) is 0.836. The number of benzene rings is 1. The molecule has 4 nitrogen and oxygen atoms in total. The molecular formula is C13H16N2O2. The zero-order valence-electron chi connectivity index (χ0n) is 10.1. The lowest BCUT2D eigenvalue weighted by Crippen LogP contribution is -2.10. The van der Waals surface area contributed by atoms with E-state index in [1.54, 1.807) is 14.2 Å². The molecule has 0 atom stereocenters. The molecule has 3 rings (SSSR count). The normalized spacial score (nSPS) is 14.2. The predicted octanol–water partition coefficient (Wildman–Crippen LogP) is 2.54. The molecular weight excluding hydrogens is 216 g/mol. The molecule has 0 amide bonds. The summed E-state index contributed by atoms with van der Waals surface area (Å²) in [5.74, 6) is 1.53. The molecule has 1 aliphatic heterocycles. The van der Waals surface area contributed by atoms with Gasteiger partial charge in [-0.3, -0.25) is 0 Å². The highest BCUT2D eigenvalue weighted by molar-refractivity contribution is 5.96. The number of anilines is 1. The molecule has 0 unspecified atom stereocenters. The van der Waals surface area contributed by atoms with E-state index in [-0.39, 0.29) is 0 Å². The minimum absolute atomic E-state index is 0.763. The van der Waals surface area contributed by atoms with Crippen LogP contribution in [0.2, 0.25) is 0 Å². The Morgan fingerprint density at radius 1 is 1.12 bits per heavy atom. The van der Waals surface area contributed by atoms with Gasteiger partial charge in [0.25, 0.3) is 0 Å². The fourth-order valence-corrected chi connectivity index (χ4v) is 2.44. The summed E-state index contributed by atoms with van der Waals surface area (Å²) < 4.78 is 10.6. The van der Waals surface area contributed by atoms with E-state index in [2.05, 4.69) is 10.3 Å². The molecule has 1 aromatic heterocycles. The first-order valence-corrected chi connectivity index (χ1v) is 5.84. The lowest BCUT2D eigenvalue weighted by molar-refractivity contribution is 0.356. The lowest BCUT2D eigenvalue weighted by Gasteiger charge is -2.14. The van der Waals surface area contributed by atoms with Crippen LogP contribution in [0.4, 0.5) is 5.69 Å². The highest BCUT2D eigenvalue weighted by atomic mass is 16.5. The third-order valence-electron chi connectivity index (χ3n) is 3.29. The van der Waals surface area contributed by atoms with Crippen molar-refractivity contribution in [3.05, 3.63) is 17.8 Å². The van der Waals surface area contributed by atoms with Crippen molar-refractivity contribution >= 4 is 16.6 Å². The molecule has 1 aromatic carbocycles. The zero-order chi connectivity index (χ0) is 11.8. The van der Waals surface area contributed by atoms with Crippen LogP contribution in [0.5, 0.6) is 11.5 Å². The minimum atomic E-state index is 0.763. The summed E-state index contributed by atoms with van der Waals surface area (Å²) in [5, 5.41) is 4.62. The van der Waals surface area contributed by atoms with Gasteiger partial charge in [0.05, 0.1) is 25.4 Å². The molecule has 90 valence electrons. The monoisotopic (exact) mass is 232 g/mol. The molecule has 17 heavy (non-hydrogen) atoms. The number of hydrogen-bond acceptors (Lipinski definition) is 3. The van der Waals surface area contributed by atoms with E-state index in [9.17, 15) is 0 Å². The molecule has 0 aliphatic carbocycles. The van der Waals surface area contributed by atoms with Crippen LogP contribution in [0.1, 0.15) is 12.1 Å². The van der Waals surface area contributed by atoms with E-state index in [1.807, 2.05) is 12.1 Å². The molecule has 0 bridgehead atoms. The molecule has 0 spiro atoms. The molecule has 4 heteroatoms. The van der Waals surface area contributed by atoms with Crippen molar-refractivity contribution in [2.45, 2.75) is 12.8 Å². The molecule has 0 saturated heterocycles. The van der Waals surface area contributed by atoms with Gasteiger partial charge >= 0.3 is 0 Å². The van der Waals surface area contributed by atoms with Gasteiger partial charge in [-0.05, 0) is 18.9 Å².